The highest BCUT2D eigenvalue weighted by atomic mass is 16.5. The molecule has 2 heterocycles. The molecule has 0 bridgehead atoms. The van der Waals surface area contributed by atoms with Gasteiger partial charge in [-0.2, -0.15) is 0 Å². The number of aliphatic imine (C=N–C) groups is 1. The summed E-state index contributed by atoms with van der Waals surface area (Å²) in [6.45, 7) is 12.9. The molecule has 2 rings (SSSR count). The first kappa shape index (κ1) is 21.0. The van der Waals surface area contributed by atoms with Crippen molar-refractivity contribution in [3.8, 4) is 0 Å². The normalized spacial score (nSPS) is 20.2. The molecule has 0 amide bonds. The third-order valence-electron chi connectivity index (χ3n) is 5.00. The highest BCUT2D eigenvalue weighted by Crippen LogP contribution is 2.18. The second-order valence-electron chi connectivity index (χ2n) is 6.91. The standard InChI is InChI=1S/C19H36N4O3/c1-3-20-19(21-9-5-6-10-22-13-15-25-16-14-22)23-11-7-17(8-12-23)18(24)26-4-2/h17H,3-16H2,1-2H3,(H,20,21). The maximum atomic E-state index is 11.9. The van der Waals surface area contributed by atoms with Gasteiger partial charge in [0, 0.05) is 39.3 Å². The van der Waals surface area contributed by atoms with Gasteiger partial charge in [-0.05, 0) is 46.1 Å². The minimum Gasteiger partial charge on any atom is -0.466 e. The number of piperidine rings is 1. The van der Waals surface area contributed by atoms with E-state index in [1.165, 1.54) is 6.42 Å². The van der Waals surface area contributed by atoms with Crippen molar-refractivity contribution in [2.24, 2.45) is 10.9 Å². The minimum atomic E-state index is -0.0443. The molecule has 2 saturated heterocycles. The Balaban J connectivity index is 1.69. The van der Waals surface area contributed by atoms with Crippen LogP contribution < -0.4 is 5.32 Å². The molecule has 150 valence electrons. The van der Waals surface area contributed by atoms with E-state index in [-0.39, 0.29) is 11.9 Å². The van der Waals surface area contributed by atoms with Crippen molar-refractivity contribution >= 4 is 11.9 Å². The van der Waals surface area contributed by atoms with Gasteiger partial charge in [-0.25, -0.2) is 0 Å². The van der Waals surface area contributed by atoms with Crippen molar-refractivity contribution in [3.05, 3.63) is 0 Å². The molecule has 26 heavy (non-hydrogen) atoms. The summed E-state index contributed by atoms with van der Waals surface area (Å²) >= 11 is 0. The second-order valence-corrected chi connectivity index (χ2v) is 6.91. The van der Waals surface area contributed by atoms with Crippen LogP contribution in [0.3, 0.4) is 0 Å². The SMILES string of the molecule is CCNC(=NCCCCN1CCOCC1)N1CCC(C(=O)OCC)CC1. The number of unbranched alkanes of at least 4 members (excludes halogenated alkanes) is 1. The van der Waals surface area contributed by atoms with Crippen LogP contribution in [0.4, 0.5) is 0 Å². The lowest BCUT2D eigenvalue weighted by Gasteiger charge is -2.33. The quantitative estimate of drug-likeness (QED) is 0.302. The Bertz CT molecular complexity index is 431. The zero-order chi connectivity index (χ0) is 18.6. The Hall–Kier alpha value is -1.34. The van der Waals surface area contributed by atoms with E-state index in [1.54, 1.807) is 0 Å². The van der Waals surface area contributed by atoms with Crippen LogP contribution in [0.2, 0.25) is 0 Å². The Morgan fingerprint density at radius 2 is 1.88 bits per heavy atom. The van der Waals surface area contributed by atoms with Crippen LogP contribution in [0.25, 0.3) is 0 Å². The van der Waals surface area contributed by atoms with Gasteiger partial charge in [0.05, 0.1) is 25.7 Å². The van der Waals surface area contributed by atoms with Crippen LogP contribution in [-0.2, 0) is 14.3 Å². The third kappa shape index (κ3) is 7.11. The van der Waals surface area contributed by atoms with E-state index >= 15 is 0 Å². The Labute approximate surface area is 158 Å². The molecule has 0 aromatic rings. The van der Waals surface area contributed by atoms with Crippen molar-refractivity contribution in [2.75, 3.05) is 65.6 Å². The molecule has 7 nitrogen and oxygen atoms in total. The van der Waals surface area contributed by atoms with Gasteiger partial charge in [-0.3, -0.25) is 14.7 Å². The number of hydrogen-bond donors (Lipinski definition) is 1. The number of hydrogen-bond acceptors (Lipinski definition) is 5. The van der Waals surface area contributed by atoms with Gasteiger partial charge in [-0.15, -0.1) is 0 Å². The highest BCUT2D eigenvalue weighted by molar-refractivity contribution is 5.80. The summed E-state index contributed by atoms with van der Waals surface area (Å²) in [7, 11) is 0. The summed E-state index contributed by atoms with van der Waals surface area (Å²) in [4.78, 5) is 21.4. The van der Waals surface area contributed by atoms with Gasteiger partial charge >= 0.3 is 5.97 Å². The smallest absolute Gasteiger partial charge is 0.309 e. The van der Waals surface area contributed by atoms with E-state index in [0.717, 1.165) is 84.2 Å². The summed E-state index contributed by atoms with van der Waals surface area (Å²) in [6, 6.07) is 0. The average Bonchev–Trinajstić information content (AvgIpc) is 2.68. The molecular formula is C19H36N4O3. The molecule has 2 fully saturated rings. The molecule has 2 aliphatic rings. The minimum absolute atomic E-state index is 0.0441. The van der Waals surface area contributed by atoms with Crippen LogP contribution in [0, 0.1) is 5.92 Å². The van der Waals surface area contributed by atoms with Crippen molar-refractivity contribution < 1.29 is 14.3 Å². The summed E-state index contributed by atoms with van der Waals surface area (Å²) in [5.41, 5.74) is 0. The molecule has 0 atom stereocenters. The molecular weight excluding hydrogens is 332 g/mol. The molecule has 0 aliphatic carbocycles. The van der Waals surface area contributed by atoms with Gasteiger partial charge in [0.25, 0.3) is 0 Å². The number of esters is 1. The first-order valence-electron chi connectivity index (χ1n) is 10.2. The lowest BCUT2D eigenvalue weighted by atomic mass is 9.97. The maximum Gasteiger partial charge on any atom is 0.309 e. The van der Waals surface area contributed by atoms with E-state index in [9.17, 15) is 4.79 Å². The summed E-state index contributed by atoms with van der Waals surface area (Å²) in [5, 5.41) is 3.39. The van der Waals surface area contributed by atoms with Gasteiger partial charge in [0.2, 0.25) is 0 Å². The molecule has 0 spiro atoms. The lowest BCUT2D eigenvalue weighted by molar-refractivity contribution is -0.149. The summed E-state index contributed by atoms with van der Waals surface area (Å²) in [5.74, 6) is 0.987. The molecule has 0 unspecified atom stereocenters. The predicted octanol–water partition coefficient (Wildman–Crippen LogP) is 1.34. The number of nitrogens with zero attached hydrogens (tertiary/aromatic N) is 3. The highest BCUT2D eigenvalue weighted by Gasteiger charge is 2.27. The first-order valence-corrected chi connectivity index (χ1v) is 10.2. The molecule has 7 heteroatoms. The van der Waals surface area contributed by atoms with Crippen LogP contribution in [0.5, 0.6) is 0 Å². The van der Waals surface area contributed by atoms with Crippen molar-refractivity contribution in [2.45, 2.75) is 39.5 Å². The number of carbonyl (C=O) groups excluding carboxylic acids is 1. The fourth-order valence-electron chi connectivity index (χ4n) is 3.47. The third-order valence-corrected chi connectivity index (χ3v) is 5.00. The van der Waals surface area contributed by atoms with Crippen LogP contribution in [0.15, 0.2) is 4.99 Å². The van der Waals surface area contributed by atoms with Crippen molar-refractivity contribution in [1.29, 1.82) is 0 Å². The average molecular weight is 369 g/mol. The summed E-state index contributed by atoms with van der Waals surface area (Å²) < 4.78 is 10.5. The number of carbonyl (C=O) groups is 1. The number of morpholine rings is 1. The van der Waals surface area contributed by atoms with E-state index in [2.05, 4.69) is 22.0 Å². The topological polar surface area (TPSA) is 66.4 Å². The van der Waals surface area contributed by atoms with E-state index < -0.39 is 0 Å². The number of ether oxygens (including phenoxy) is 2. The monoisotopic (exact) mass is 368 g/mol. The van der Waals surface area contributed by atoms with Crippen molar-refractivity contribution in [3.63, 3.8) is 0 Å². The number of rotatable bonds is 8. The Morgan fingerprint density at radius 3 is 2.54 bits per heavy atom. The molecule has 1 N–H and O–H groups in total. The van der Waals surface area contributed by atoms with Gasteiger partial charge in [0.15, 0.2) is 5.96 Å². The maximum absolute atomic E-state index is 11.9. The van der Waals surface area contributed by atoms with Crippen molar-refractivity contribution in [1.82, 2.24) is 15.1 Å². The second kappa shape index (κ2) is 12.1. The van der Waals surface area contributed by atoms with Gasteiger partial charge in [0.1, 0.15) is 0 Å². The van der Waals surface area contributed by atoms with Crippen LogP contribution in [-0.4, -0.2) is 87.4 Å². The van der Waals surface area contributed by atoms with E-state index in [1.807, 2.05) is 6.92 Å². The molecule has 0 saturated carbocycles. The molecule has 2 aliphatic heterocycles. The molecule has 0 aromatic carbocycles. The Kier molecular flexibility index (Phi) is 9.77. The fourth-order valence-corrected chi connectivity index (χ4v) is 3.47. The lowest BCUT2D eigenvalue weighted by Crippen LogP contribution is -2.46. The summed E-state index contributed by atoms with van der Waals surface area (Å²) in [6.07, 6.45) is 3.97. The van der Waals surface area contributed by atoms with Crippen LogP contribution >= 0.6 is 0 Å². The van der Waals surface area contributed by atoms with E-state index in [0.29, 0.717) is 6.61 Å². The molecule has 0 aromatic heterocycles. The predicted molar refractivity (Wildman–Crippen MR) is 103 cm³/mol. The van der Waals surface area contributed by atoms with Crippen LogP contribution in [0.1, 0.15) is 39.5 Å². The zero-order valence-corrected chi connectivity index (χ0v) is 16.5. The zero-order valence-electron chi connectivity index (χ0n) is 16.5. The molecule has 0 radical (unpaired) electrons. The number of guanidine groups is 1. The fraction of sp³-hybridized carbons (Fsp3) is 0.895. The largest absolute Gasteiger partial charge is 0.466 e. The van der Waals surface area contributed by atoms with Gasteiger partial charge in [-0.1, -0.05) is 0 Å². The first-order chi connectivity index (χ1) is 12.7. The number of nitrogens with one attached hydrogen (secondary N) is 1. The van der Waals surface area contributed by atoms with Gasteiger partial charge < -0.3 is 19.7 Å². The number of likely N-dealkylation sites (tertiary alicyclic amines) is 1. The Morgan fingerprint density at radius 1 is 1.15 bits per heavy atom. The van der Waals surface area contributed by atoms with E-state index in [4.69, 9.17) is 14.5 Å².